The molecular weight excluding hydrogens is 444 g/mol. The van der Waals surface area contributed by atoms with Crippen molar-refractivity contribution in [1.82, 2.24) is 0 Å². The molecule has 0 saturated heterocycles. The monoisotopic (exact) mass is 500 g/mol. The van der Waals surface area contributed by atoms with Crippen LogP contribution < -0.4 is 0 Å². The van der Waals surface area contributed by atoms with E-state index in [4.69, 9.17) is 28.4 Å². The molecule has 1 aliphatic carbocycles. The predicted octanol–water partition coefficient (Wildman–Crippen LogP) is 6.50. The normalized spacial score (nSPS) is 26.8. The molecule has 35 heavy (non-hydrogen) atoms. The van der Waals surface area contributed by atoms with Crippen LogP contribution in [0.4, 0.5) is 0 Å². The number of hydrogen-bond donors (Lipinski definition) is 0. The summed E-state index contributed by atoms with van der Waals surface area (Å²) >= 11 is 0. The maximum Gasteiger partial charge on any atom is 0.115 e. The summed E-state index contributed by atoms with van der Waals surface area (Å²) in [5, 5.41) is 0. The van der Waals surface area contributed by atoms with E-state index in [0.717, 1.165) is 64.2 Å². The molecule has 6 heteroatoms. The van der Waals surface area contributed by atoms with Gasteiger partial charge in [0.15, 0.2) is 0 Å². The van der Waals surface area contributed by atoms with E-state index in [9.17, 15) is 0 Å². The van der Waals surface area contributed by atoms with Crippen LogP contribution in [0.5, 0.6) is 0 Å². The molecule has 0 N–H and O–H groups in total. The van der Waals surface area contributed by atoms with E-state index in [1.54, 1.807) is 6.08 Å². The minimum Gasteiger partial charge on any atom is -0.373 e. The molecule has 0 bridgehead atoms. The lowest BCUT2D eigenvalue weighted by Crippen LogP contribution is -2.67. The van der Waals surface area contributed by atoms with E-state index in [0.29, 0.717) is 39.6 Å². The molecule has 0 spiro atoms. The van der Waals surface area contributed by atoms with Crippen LogP contribution in [0.25, 0.3) is 0 Å². The maximum atomic E-state index is 6.55. The van der Waals surface area contributed by atoms with E-state index in [1.807, 2.05) is 0 Å². The van der Waals surface area contributed by atoms with Crippen molar-refractivity contribution in [3.05, 3.63) is 12.7 Å². The molecule has 1 aliphatic rings. The Bertz CT molecular complexity index is 456. The first kappa shape index (κ1) is 32.5. The van der Waals surface area contributed by atoms with Gasteiger partial charge in [0, 0.05) is 33.0 Å². The molecule has 0 aliphatic heterocycles. The van der Waals surface area contributed by atoms with E-state index in [1.165, 1.54) is 0 Å². The quantitative estimate of drug-likeness (QED) is 0.118. The summed E-state index contributed by atoms with van der Waals surface area (Å²) in [5.74, 6) is 0. The maximum absolute atomic E-state index is 6.55. The summed E-state index contributed by atoms with van der Waals surface area (Å²) in [5.41, 5.74) is 0. The van der Waals surface area contributed by atoms with Crippen LogP contribution in [0.1, 0.15) is 98.8 Å². The zero-order valence-corrected chi connectivity index (χ0v) is 23.5. The second-order valence-electron chi connectivity index (χ2n) is 9.53. The summed E-state index contributed by atoms with van der Waals surface area (Å²) in [6.07, 6.45) is 10.4. The van der Waals surface area contributed by atoms with Gasteiger partial charge in [-0.25, -0.2) is 0 Å². The van der Waals surface area contributed by atoms with Crippen LogP contribution in [0.15, 0.2) is 12.7 Å². The van der Waals surface area contributed by atoms with Gasteiger partial charge in [-0.05, 0) is 32.1 Å². The van der Waals surface area contributed by atoms with Gasteiger partial charge in [0.05, 0.1) is 6.61 Å². The standard InChI is InChI=1S/C29H56O6/c1-7-13-19-31-25-24(30-18-12-6)26(32-20-14-8-2)28(34-22-16-10-4)29(35-23-17-11-5)27(25)33-21-15-9-3/h12,24-29H,6-11,13-23H2,1-5H3/t24?,25-,26?,27?,28?,29?/m1/s1. The molecule has 208 valence electrons. The van der Waals surface area contributed by atoms with Crippen molar-refractivity contribution in [2.45, 2.75) is 135 Å². The van der Waals surface area contributed by atoms with Crippen LogP contribution in [0.3, 0.4) is 0 Å². The molecule has 1 rings (SSSR count). The van der Waals surface area contributed by atoms with Gasteiger partial charge in [-0.1, -0.05) is 72.8 Å². The lowest BCUT2D eigenvalue weighted by molar-refractivity contribution is -0.280. The molecule has 0 aromatic carbocycles. The fourth-order valence-electron chi connectivity index (χ4n) is 4.26. The van der Waals surface area contributed by atoms with Crippen LogP contribution in [-0.4, -0.2) is 76.3 Å². The first-order chi connectivity index (χ1) is 17.2. The van der Waals surface area contributed by atoms with Gasteiger partial charge in [-0.15, -0.1) is 6.58 Å². The molecule has 0 radical (unpaired) electrons. The van der Waals surface area contributed by atoms with Gasteiger partial charge in [-0.3, -0.25) is 0 Å². The molecule has 6 atom stereocenters. The van der Waals surface area contributed by atoms with Crippen LogP contribution in [-0.2, 0) is 28.4 Å². The smallest absolute Gasteiger partial charge is 0.115 e. The Kier molecular flexibility index (Phi) is 20.0. The van der Waals surface area contributed by atoms with Gasteiger partial charge in [0.25, 0.3) is 0 Å². The van der Waals surface area contributed by atoms with Crippen LogP contribution >= 0.6 is 0 Å². The second kappa shape index (κ2) is 21.6. The SMILES string of the molecule is C=CCOC1C(OCCCC)C(OCCCC)C(OCCCC)C(OCCCC)[C@@H]1OCCCC. The lowest BCUT2D eigenvalue weighted by Gasteiger charge is -2.49. The van der Waals surface area contributed by atoms with E-state index >= 15 is 0 Å². The molecular formula is C29H56O6. The Morgan fingerprint density at radius 3 is 0.857 bits per heavy atom. The predicted molar refractivity (Wildman–Crippen MR) is 143 cm³/mol. The zero-order chi connectivity index (χ0) is 25.7. The van der Waals surface area contributed by atoms with E-state index < -0.39 is 0 Å². The van der Waals surface area contributed by atoms with Gasteiger partial charge in [0.1, 0.15) is 36.6 Å². The number of rotatable bonds is 23. The van der Waals surface area contributed by atoms with E-state index in [2.05, 4.69) is 41.2 Å². The van der Waals surface area contributed by atoms with Crippen molar-refractivity contribution in [2.24, 2.45) is 0 Å². The average Bonchev–Trinajstić information content (AvgIpc) is 2.86. The number of hydrogen-bond acceptors (Lipinski definition) is 6. The third-order valence-corrected chi connectivity index (χ3v) is 6.39. The van der Waals surface area contributed by atoms with Gasteiger partial charge in [-0.2, -0.15) is 0 Å². The number of unbranched alkanes of at least 4 members (excludes halogenated alkanes) is 5. The third kappa shape index (κ3) is 12.1. The molecule has 0 aromatic rings. The highest BCUT2D eigenvalue weighted by Gasteiger charge is 2.54. The van der Waals surface area contributed by atoms with Gasteiger partial charge >= 0.3 is 0 Å². The summed E-state index contributed by atoms with van der Waals surface area (Å²) in [7, 11) is 0. The zero-order valence-electron chi connectivity index (χ0n) is 23.5. The summed E-state index contributed by atoms with van der Waals surface area (Å²) in [4.78, 5) is 0. The molecule has 5 unspecified atom stereocenters. The minimum absolute atomic E-state index is 0.267. The van der Waals surface area contributed by atoms with Crippen molar-refractivity contribution in [1.29, 1.82) is 0 Å². The highest BCUT2D eigenvalue weighted by atomic mass is 16.6. The first-order valence-corrected chi connectivity index (χ1v) is 14.5. The number of ether oxygens (including phenoxy) is 6. The Hall–Kier alpha value is -0.500. The fraction of sp³-hybridized carbons (Fsp3) is 0.931. The molecule has 0 heterocycles. The second-order valence-corrected chi connectivity index (χ2v) is 9.53. The first-order valence-electron chi connectivity index (χ1n) is 14.5. The highest BCUT2D eigenvalue weighted by Crippen LogP contribution is 2.34. The van der Waals surface area contributed by atoms with Gasteiger partial charge < -0.3 is 28.4 Å². The van der Waals surface area contributed by atoms with Crippen molar-refractivity contribution in [3.63, 3.8) is 0 Å². The lowest BCUT2D eigenvalue weighted by atomic mass is 9.83. The Morgan fingerprint density at radius 2 is 0.657 bits per heavy atom. The largest absolute Gasteiger partial charge is 0.373 e. The Morgan fingerprint density at radius 1 is 0.429 bits per heavy atom. The average molecular weight is 501 g/mol. The molecule has 6 nitrogen and oxygen atoms in total. The highest BCUT2D eigenvalue weighted by molar-refractivity contribution is 5.04. The van der Waals surface area contributed by atoms with Crippen LogP contribution in [0, 0.1) is 0 Å². The fourth-order valence-corrected chi connectivity index (χ4v) is 4.26. The molecule has 1 saturated carbocycles. The van der Waals surface area contributed by atoms with Gasteiger partial charge in [0.2, 0.25) is 0 Å². The summed E-state index contributed by atoms with van der Waals surface area (Å²) in [6.45, 7) is 18.5. The third-order valence-electron chi connectivity index (χ3n) is 6.39. The van der Waals surface area contributed by atoms with Crippen molar-refractivity contribution in [2.75, 3.05) is 39.6 Å². The van der Waals surface area contributed by atoms with Crippen LogP contribution in [0.2, 0.25) is 0 Å². The van der Waals surface area contributed by atoms with Crippen molar-refractivity contribution < 1.29 is 28.4 Å². The Labute approximate surface area is 216 Å². The topological polar surface area (TPSA) is 55.4 Å². The van der Waals surface area contributed by atoms with E-state index in [-0.39, 0.29) is 36.6 Å². The minimum atomic E-state index is -0.314. The van der Waals surface area contributed by atoms with Crippen molar-refractivity contribution >= 4 is 0 Å². The summed E-state index contributed by atoms with van der Waals surface area (Å²) < 4.78 is 39.1. The van der Waals surface area contributed by atoms with Crippen molar-refractivity contribution in [3.8, 4) is 0 Å². The molecule has 0 aromatic heterocycles. The summed E-state index contributed by atoms with van der Waals surface area (Å²) in [6, 6.07) is 0. The molecule has 1 fully saturated rings. The Balaban J connectivity index is 3.37. The molecule has 0 amide bonds.